The number of rotatable bonds is 3. The third-order valence-corrected chi connectivity index (χ3v) is 1.82. The smallest absolute Gasteiger partial charge is 0.135 e. The van der Waals surface area contributed by atoms with Gasteiger partial charge in [-0.1, -0.05) is 24.4 Å². The van der Waals surface area contributed by atoms with E-state index in [2.05, 4.69) is 102 Å². The predicted octanol–water partition coefficient (Wildman–Crippen LogP) is -1.01. The van der Waals surface area contributed by atoms with Gasteiger partial charge in [-0.05, 0) is 20.9 Å². The van der Waals surface area contributed by atoms with Gasteiger partial charge in [0.2, 0.25) is 0 Å². The molecule has 20 heavy (non-hydrogen) atoms. The summed E-state index contributed by atoms with van der Waals surface area (Å²) < 4.78 is 0.985. The van der Waals surface area contributed by atoms with Crippen LogP contribution >= 0.6 is 49.7 Å². The number of H-pyrrole nitrogens is 2. The lowest BCUT2D eigenvalue weighted by atomic mass is 10.6. The number of thiol groups is 2. The van der Waals surface area contributed by atoms with E-state index >= 15 is 0 Å². The molecule has 0 saturated carbocycles. The Morgan fingerprint density at radius 2 is 1.30 bits per heavy atom. The molecule has 110 valence electrons. The second-order valence-electron chi connectivity index (χ2n) is 2.59. The summed E-state index contributed by atoms with van der Waals surface area (Å²) in [6.45, 7) is 1.42. The fraction of sp³-hybridized carbons (Fsp3) is 0.333. The maximum atomic E-state index is 4.65. The summed E-state index contributed by atoms with van der Waals surface area (Å²) in [5.74, 6) is 0. The van der Waals surface area contributed by atoms with Gasteiger partial charge in [-0.2, -0.15) is 0 Å². The molecule has 0 bridgehead atoms. The fourth-order valence-corrected chi connectivity index (χ4v) is 1.02. The van der Waals surface area contributed by atoms with Crippen LogP contribution < -0.4 is 10.6 Å². The van der Waals surface area contributed by atoms with Crippen molar-refractivity contribution in [1.82, 2.24) is 51.9 Å². The average Bonchev–Trinajstić information content (AvgIpc) is 3.09. The van der Waals surface area contributed by atoms with Crippen molar-refractivity contribution in [2.24, 2.45) is 0 Å². The van der Waals surface area contributed by atoms with E-state index in [0.29, 0.717) is 21.7 Å². The number of tetrazole rings is 2. The Hall–Kier alpha value is -1.38. The van der Waals surface area contributed by atoms with E-state index in [4.69, 9.17) is 0 Å². The van der Waals surface area contributed by atoms with Gasteiger partial charge in [0.1, 0.15) is 21.3 Å². The first kappa shape index (κ1) is 18.6. The van der Waals surface area contributed by atoms with E-state index in [0.717, 1.165) is 0 Å². The summed E-state index contributed by atoms with van der Waals surface area (Å²) in [6, 6.07) is 0. The lowest BCUT2D eigenvalue weighted by molar-refractivity contribution is 0.834. The molecule has 0 aromatic carbocycles. The standard InChI is InChI=1S/C4H8N2S4.2CH2N4/c7-3(8)5-1-2-6-4(9)10;2*1-2-4-5-3-1/h1-2H2,(H2,5,7,8)(H2,6,9,10);2*1H,(H,2,3,4,5). The van der Waals surface area contributed by atoms with E-state index in [1.807, 2.05) is 0 Å². The summed E-state index contributed by atoms with van der Waals surface area (Å²) in [7, 11) is 0. The number of hydrogen-bond acceptors (Lipinski definition) is 8. The minimum Gasteiger partial charge on any atom is -0.369 e. The monoisotopic (exact) mass is 352 g/mol. The molecule has 0 spiro atoms. The first-order chi connectivity index (χ1) is 9.63. The molecule has 0 unspecified atom stereocenters. The van der Waals surface area contributed by atoms with E-state index < -0.39 is 0 Å². The Labute approximate surface area is 136 Å². The minimum absolute atomic E-state index is 0.492. The van der Waals surface area contributed by atoms with Crippen molar-refractivity contribution in [3.05, 3.63) is 12.7 Å². The molecule has 2 rings (SSSR count). The van der Waals surface area contributed by atoms with Crippen LogP contribution in [0.15, 0.2) is 12.7 Å². The lowest BCUT2D eigenvalue weighted by Crippen LogP contribution is -2.29. The SMILES string of the molecule is S=C(S)NCCNC(=S)S.c1nnn[nH]1.c1nnn[nH]1. The molecule has 0 saturated heterocycles. The van der Waals surface area contributed by atoms with Crippen molar-refractivity contribution < 1.29 is 0 Å². The van der Waals surface area contributed by atoms with Gasteiger partial charge in [0.05, 0.1) is 0 Å². The number of nitrogens with one attached hydrogen (secondary N) is 4. The fourth-order valence-electron chi connectivity index (χ4n) is 0.597. The van der Waals surface area contributed by atoms with Crippen LogP contribution in [0.2, 0.25) is 0 Å². The highest BCUT2D eigenvalue weighted by Crippen LogP contribution is 1.77. The van der Waals surface area contributed by atoms with Gasteiger partial charge >= 0.3 is 0 Å². The van der Waals surface area contributed by atoms with Crippen molar-refractivity contribution in [2.45, 2.75) is 0 Å². The van der Waals surface area contributed by atoms with Crippen LogP contribution in [0.5, 0.6) is 0 Å². The maximum absolute atomic E-state index is 4.65. The van der Waals surface area contributed by atoms with Crippen LogP contribution in [0, 0.1) is 0 Å². The molecule has 0 aliphatic carbocycles. The molecular weight excluding hydrogens is 340 g/mol. The highest BCUT2D eigenvalue weighted by Gasteiger charge is 1.87. The van der Waals surface area contributed by atoms with Gasteiger partial charge in [-0.15, -0.1) is 35.5 Å². The van der Waals surface area contributed by atoms with Crippen molar-refractivity contribution in [3.8, 4) is 0 Å². The molecule has 0 atom stereocenters. The van der Waals surface area contributed by atoms with Crippen LogP contribution in [-0.2, 0) is 0 Å². The summed E-state index contributed by atoms with van der Waals surface area (Å²) >= 11 is 17.0. The van der Waals surface area contributed by atoms with Gasteiger partial charge in [0.15, 0.2) is 0 Å². The Bertz CT molecular complexity index is 354. The Balaban J connectivity index is 0.000000298. The van der Waals surface area contributed by atoms with E-state index in [9.17, 15) is 0 Å². The van der Waals surface area contributed by atoms with Crippen LogP contribution in [0.1, 0.15) is 0 Å². The zero-order chi connectivity index (χ0) is 15.1. The molecule has 0 radical (unpaired) electrons. The second-order valence-corrected chi connectivity index (χ2v) is 4.91. The van der Waals surface area contributed by atoms with Crippen LogP contribution in [-0.4, -0.2) is 63.0 Å². The van der Waals surface area contributed by atoms with Gasteiger partial charge in [-0.3, -0.25) is 0 Å². The first-order valence-electron chi connectivity index (χ1n) is 4.90. The highest BCUT2D eigenvalue weighted by atomic mass is 32.1. The summed E-state index contributed by atoms with van der Waals surface area (Å²) in [6.07, 6.45) is 2.81. The van der Waals surface area contributed by atoms with Crippen molar-refractivity contribution >= 4 is 58.3 Å². The Morgan fingerprint density at radius 1 is 0.900 bits per heavy atom. The molecule has 0 fully saturated rings. The largest absolute Gasteiger partial charge is 0.369 e. The molecule has 2 heterocycles. The van der Waals surface area contributed by atoms with Gasteiger partial charge in [0.25, 0.3) is 0 Å². The number of aromatic amines is 2. The van der Waals surface area contributed by atoms with Gasteiger partial charge in [-0.25, -0.2) is 10.2 Å². The summed E-state index contributed by atoms with van der Waals surface area (Å²) in [5, 5.41) is 29.9. The molecule has 0 aliphatic heterocycles. The third kappa shape index (κ3) is 16.6. The van der Waals surface area contributed by atoms with Crippen molar-refractivity contribution in [2.75, 3.05) is 13.1 Å². The predicted molar refractivity (Wildman–Crippen MR) is 87.5 cm³/mol. The summed E-state index contributed by atoms with van der Waals surface area (Å²) in [5.41, 5.74) is 0. The zero-order valence-electron chi connectivity index (χ0n) is 9.96. The van der Waals surface area contributed by atoms with Crippen molar-refractivity contribution in [1.29, 1.82) is 0 Å². The average molecular weight is 353 g/mol. The van der Waals surface area contributed by atoms with E-state index in [-0.39, 0.29) is 0 Å². The quantitative estimate of drug-likeness (QED) is 0.232. The lowest BCUT2D eigenvalue weighted by Gasteiger charge is -2.03. The Morgan fingerprint density at radius 3 is 1.45 bits per heavy atom. The highest BCUT2D eigenvalue weighted by molar-refractivity contribution is 8.11. The molecule has 0 amide bonds. The molecular formula is C6H12N10S4. The summed E-state index contributed by atoms with van der Waals surface area (Å²) in [4.78, 5) is 0. The topological polar surface area (TPSA) is 133 Å². The molecule has 0 aliphatic rings. The molecule has 2 aromatic heterocycles. The zero-order valence-corrected chi connectivity index (χ0v) is 13.4. The molecule has 2 aromatic rings. The van der Waals surface area contributed by atoms with Crippen LogP contribution in [0.4, 0.5) is 0 Å². The minimum atomic E-state index is 0.492. The van der Waals surface area contributed by atoms with Gasteiger partial charge < -0.3 is 10.6 Å². The van der Waals surface area contributed by atoms with Crippen LogP contribution in [0.25, 0.3) is 0 Å². The first-order valence-corrected chi connectivity index (χ1v) is 6.61. The van der Waals surface area contributed by atoms with Crippen molar-refractivity contribution in [3.63, 3.8) is 0 Å². The van der Waals surface area contributed by atoms with Crippen LogP contribution in [0.3, 0.4) is 0 Å². The second kappa shape index (κ2) is 14.0. The Kier molecular flexibility index (Phi) is 13.1. The number of thiocarbonyl (C=S) groups is 2. The van der Waals surface area contributed by atoms with E-state index in [1.54, 1.807) is 0 Å². The molecule has 14 heteroatoms. The van der Waals surface area contributed by atoms with Gasteiger partial charge in [0, 0.05) is 13.1 Å². The maximum Gasteiger partial charge on any atom is 0.135 e. The third-order valence-electron chi connectivity index (χ3n) is 1.22. The number of nitrogens with zero attached hydrogens (tertiary/aromatic N) is 6. The normalized spacial score (nSPS) is 8.30. The van der Waals surface area contributed by atoms with E-state index in [1.165, 1.54) is 12.7 Å². The molecule has 10 nitrogen and oxygen atoms in total. The molecule has 4 N–H and O–H groups in total. The number of aromatic nitrogens is 8. The number of hydrogen-bond donors (Lipinski definition) is 6.